The number of rotatable bonds is 2. The average Bonchev–Trinajstić information content (AvgIpc) is 2.66. The van der Waals surface area contributed by atoms with E-state index >= 15 is 0 Å². The molecule has 0 bridgehead atoms. The number of hydrogen-bond donors (Lipinski definition) is 0. The van der Waals surface area contributed by atoms with Crippen LogP contribution in [0.2, 0.25) is 0 Å². The van der Waals surface area contributed by atoms with Gasteiger partial charge in [-0.2, -0.15) is 4.31 Å². The monoisotopic (exact) mass is 248 g/mol. The van der Waals surface area contributed by atoms with Crippen molar-refractivity contribution in [3.63, 3.8) is 0 Å². The van der Waals surface area contributed by atoms with E-state index in [1.165, 1.54) is 15.6 Å². The first-order chi connectivity index (χ1) is 7.12. The van der Waals surface area contributed by atoms with Crippen molar-refractivity contribution in [2.75, 3.05) is 26.3 Å². The lowest BCUT2D eigenvalue weighted by Crippen LogP contribution is -2.40. The second-order valence-electron chi connectivity index (χ2n) is 3.24. The Bertz CT molecular complexity index is 434. The largest absolute Gasteiger partial charge is 0.379 e. The molecule has 0 N–H and O–H groups in total. The van der Waals surface area contributed by atoms with Gasteiger partial charge in [-0.3, -0.25) is 0 Å². The van der Waals surface area contributed by atoms with Crippen LogP contribution in [0.15, 0.2) is 9.72 Å². The molecule has 84 valence electrons. The molecule has 0 aromatic carbocycles. The summed E-state index contributed by atoms with van der Waals surface area (Å²) in [7, 11) is -3.34. The summed E-state index contributed by atoms with van der Waals surface area (Å²) in [5, 5.41) is 0. The zero-order chi connectivity index (χ0) is 10.9. The zero-order valence-corrected chi connectivity index (χ0v) is 9.97. The molecule has 0 saturated carbocycles. The maximum absolute atomic E-state index is 12.1. The van der Waals surface area contributed by atoms with Gasteiger partial charge in [-0.05, 0) is 6.92 Å². The second kappa shape index (κ2) is 4.17. The predicted octanol–water partition coefficient (Wildman–Crippen LogP) is 0.472. The van der Waals surface area contributed by atoms with Crippen molar-refractivity contribution in [2.24, 2.45) is 0 Å². The fraction of sp³-hybridized carbons (Fsp3) is 0.625. The molecule has 0 amide bonds. The minimum absolute atomic E-state index is 0.351. The van der Waals surface area contributed by atoms with Gasteiger partial charge >= 0.3 is 0 Å². The summed E-state index contributed by atoms with van der Waals surface area (Å²) >= 11 is 1.17. The Balaban J connectivity index is 2.30. The van der Waals surface area contributed by atoms with Gasteiger partial charge in [0.15, 0.2) is 4.21 Å². The number of hydrogen-bond acceptors (Lipinski definition) is 5. The Labute approximate surface area is 92.7 Å². The van der Waals surface area contributed by atoms with Gasteiger partial charge in [0.1, 0.15) is 0 Å². The van der Waals surface area contributed by atoms with E-state index in [1.54, 1.807) is 12.4 Å². The summed E-state index contributed by atoms with van der Waals surface area (Å²) in [5.41, 5.74) is 2.13. The summed E-state index contributed by atoms with van der Waals surface area (Å²) in [5.74, 6) is 0. The van der Waals surface area contributed by atoms with Crippen molar-refractivity contribution in [2.45, 2.75) is 11.1 Å². The molecule has 0 spiro atoms. The highest BCUT2D eigenvalue weighted by Crippen LogP contribution is 2.23. The minimum atomic E-state index is -3.34. The molecule has 5 nitrogen and oxygen atoms in total. The van der Waals surface area contributed by atoms with Crippen LogP contribution in [0.25, 0.3) is 0 Å². The Morgan fingerprint density at radius 1 is 1.47 bits per heavy atom. The first-order valence-corrected chi connectivity index (χ1v) is 6.92. The van der Waals surface area contributed by atoms with Crippen molar-refractivity contribution >= 4 is 21.4 Å². The molecule has 7 heteroatoms. The van der Waals surface area contributed by atoms with Gasteiger partial charge in [0.2, 0.25) is 0 Å². The van der Waals surface area contributed by atoms with Gasteiger partial charge in [0, 0.05) is 13.1 Å². The Morgan fingerprint density at radius 2 is 2.13 bits per heavy atom. The number of aryl methyl sites for hydroxylation is 1. The maximum atomic E-state index is 12.1. The van der Waals surface area contributed by atoms with Crippen LogP contribution < -0.4 is 0 Å². The lowest BCUT2D eigenvalue weighted by molar-refractivity contribution is 0.0731. The second-order valence-corrected chi connectivity index (χ2v) is 6.23. The van der Waals surface area contributed by atoms with Crippen molar-refractivity contribution in [3.8, 4) is 0 Å². The van der Waals surface area contributed by atoms with Crippen LogP contribution >= 0.6 is 11.3 Å². The molecule has 1 aromatic rings. The molecular formula is C8H12N2O3S2. The lowest BCUT2D eigenvalue weighted by Gasteiger charge is -2.25. The third-order valence-corrected chi connectivity index (χ3v) is 5.70. The summed E-state index contributed by atoms with van der Waals surface area (Å²) in [4.78, 5) is 3.96. The van der Waals surface area contributed by atoms with E-state index in [-0.39, 0.29) is 0 Å². The fourth-order valence-corrected chi connectivity index (χ4v) is 4.19. The number of aromatic nitrogens is 1. The third-order valence-electron chi connectivity index (χ3n) is 2.25. The van der Waals surface area contributed by atoms with E-state index in [1.807, 2.05) is 0 Å². The van der Waals surface area contributed by atoms with E-state index in [0.717, 1.165) is 0 Å². The fourth-order valence-electron chi connectivity index (χ4n) is 1.44. The molecular weight excluding hydrogens is 236 g/mol. The van der Waals surface area contributed by atoms with Crippen molar-refractivity contribution in [1.82, 2.24) is 9.29 Å². The number of ether oxygens (including phenoxy) is 1. The molecule has 1 aliphatic rings. The molecule has 15 heavy (non-hydrogen) atoms. The van der Waals surface area contributed by atoms with E-state index in [9.17, 15) is 8.42 Å². The van der Waals surface area contributed by atoms with Gasteiger partial charge in [-0.25, -0.2) is 13.4 Å². The molecule has 1 fully saturated rings. The quantitative estimate of drug-likeness (QED) is 0.763. The predicted molar refractivity (Wildman–Crippen MR) is 56.4 cm³/mol. The van der Waals surface area contributed by atoms with Crippen LogP contribution in [-0.4, -0.2) is 44.0 Å². The highest BCUT2D eigenvalue weighted by molar-refractivity contribution is 7.91. The molecule has 2 heterocycles. The topological polar surface area (TPSA) is 59.5 Å². The van der Waals surface area contributed by atoms with Crippen LogP contribution in [0.4, 0.5) is 0 Å². The summed E-state index contributed by atoms with van der Waals surface area (Å²) in [6, 6.07) is 0. The molecule has 0 radical (unpaired) electrons. The van der Waals surface area contributed by atoms with E-state index < -0.39 is 10.0 Å². The van der Waals surface area contributed by atoms with Crippen LogP contribution in [0.3, 0.4) is 0 Å². The van der Waals surface area contributed by atoms with Crippen molar-refractivity contribution in [1.29, 1.82) is 0 Å². The number of thiazole rings is 1. The maximum Gasteiger partial charge on any atom is 0.254 e. The van der Waals surface area contributed by atoms with Gasteiger partial charge < -0.3 is 4.74 Å². The molecule has 2 rings (SSSR count). The Hall–Kier alpha value is -0.500. The minimum Gasteiger partial charge on any atom is -0.379 e. The Kier molecular flexibility index (Phi) is 3.06. The van der Waals surface area contributed by atoms with Gasteiger partial charge in [-0.15, -0.1) is 11.3 Å². The van der Waals surface area contributed by atoms with Crippen molar-refractivity contribution < 1.29 is 13.2 Å². The molecule has 1 saturated heterocycles. The standard InChI is InChI=1S/C8H12N2O3S2/c1-7-8(14-6-9-7)15(11,12)10-2-4-13-5-3-10/h6H,2-5H2,1H3. The lowest BCUT2D eigenvalue weighted by atomic mass is 10.5. The highest BCUT2D eigenvalue weighted by Gasteiger charge is 2.29. The molecule has 1 aromatic heterocycles. The smallest absolute Gasteiger partial charge is 0.254 e. The first kappa shape index (κ1) is 11.0. The number of morpholine rings is 1. The zero-order valence-electron chi connectivity index (χ0n) is 8.34. The average molecular weight is 248 g/mol. The van der Waals surface area contributed by atoms with Crippen LogP contribution in [0.5, 0.6) is 0 Å². The molecule has 0 aliphatic carbocycles. The molecule has 0 atom stereocenters. The summed E-state index contributed by atoms with van der Waals surface area (Å²) < 4.78 is 31.2. The normalized spacial score (nSPS) is 19.3. The molecule has 0 unspecified atom stereocenters. The van der Waals surface area contributed by atoms with Gasteiger partial charge in [-0.1, -0.05) is 0 Å². The Morgan fingerprint density at radius 3 is 2.67 bits per heavy atom. The van der Waals surface area contributed by atoms with Gasteiger partial charge in [0.25, 0.3) is 10.0 Å². The van der Waals surface area contributed by atoms with Crippen LogP contribution in [-0.2, 0) is 14.8 Å². The van der Waals surface area contributed by atoms with E-state index in [4.69, 9.17) is 4.74 Å². The molecule has 1 aliphatic heterocycles. The first-order valence-electron chi connectivity index (χ1n) is 4.60. The van der Waals surface area contributed by atoms with E-state index in [0.29, 0.717) is 36.2 Å². The highest BCUT2D eigenvalue weighted by atomic mass is 32.2. The van der Waals surface area contributed by atoms with E-state index in [2.05, 4.69) is 4.98 Å². The van der Waals surface area contributed by atoms with Crippen molar-refractivity contribution in [3.05, 3.63) is 11.2 Å². The summed E-state index contributed by atoms with van der Waals surface area (Å²) in [6.45, 7) is 3.51. The SMILES string of the molecule is Cc1ncsc1S(=O)(=O)N1CCOCC1. The van der Waals surface area contributed by atoms with Gasteiger partial charge in [0.05, 0.1) is 24.4 Å². The van der Waals surface area contributed by atoms with Crippen LogP contribution in [0, 0.1) is 6.92 Å². The summed E-state index contributed by atoms with van der Waals surface area (Å²) in [6.07, 6.45) is 0. The third kappa shape index (κ3) is 2.05. The number of sulfonamides is 1. The van der Waals surface area contributed by atoms with Crippen LogP contribution in [0.1, 0.15) is 5.69 Å². The number of nitrogens with zero attached hydrogens (tertiary/aromatic N) is 2.